The number of methoxy groups -OCH3 is 1. The van der Waals surface area contributed by atoms with Crippen molar-refractivity contribution >= 4 is 58.3 Å². The molecule has 0 saturated heterocycles. The summed E-state index contributed by atoms with van der Waals surface area (Å²) in [5.74, 6) is -1.76. The highest BCUT2D eigenvalue weighted by Crippen LogP contribution is 2.16. The van der Waals surface area contributed by atoms with Gasteiger partial charge in [0, 0.05) is 0 Å². The van der Waals surface area contributed by atoms with Crippen molar-refractivity contribution in [3.8, 4) is 0 Å². The van der Waals surface area contributed by atoms with Crippen LogP contribution < -0.4 is 0 Å². The normalized spacial score (nSPS) is 9.61. The molecule has 2 rings (SSSR count). The van der Waals surface area contributed by atoms with Gasteiger partial charge in [-0.15, -0.1) is 20.4 Å². The van der Waals surface area contributed by atoms with Crippen molar-refractivity contribution in [1.29, 1.82) is 0 Å². The first-order valence-electron chi connectivity index (χ1n) is 5.45. The molecule has 8 nitrogen and oxygen atoms in total. The van der Waals surface area contributed by atoms with E-state index in [9.17, 15) is 9.59 Å². The van der Waals surface area contributed by atoms with Gasteiger partial charge in [0.2, 0.25) is 0 Å². The lowest BCUT2D eigenvalue weighted by Gasteiger charge is -1.99. The average Bonchev–Trinajstić information content (AvgIpc) is 2.51. The highest BCUT2D eigenvalue weighted by atomic mass is 35.5. The van der Waals surface area contributed by atoms with Crippen LogP contribution in [0.3, 0.4) is 0 Å². The molecular formula is C11H6Cl4N4O4. The molecule has 0 aromatic carbocycles. The van der Waals surface area contributed by atoms with E-state index in [-0.39, 0.29) is 31.7 Å². The standard InChI is InChI=1S/C6H4Cl2N2O2.C5H2Cl2N2O2/c1-12-6(11)3-2-4(7)9-10-5(3)8;6-3-1-2(5(10)11)4(7)9-8-3/h2H,1H3;1H,(H,10,11). The number of halogens is 4. The number of hydrogen-bond acceptors (Lipinski definition) is 7. The molecule has 23 heavy (non-hydrogen) atoms. The number of ether oxygens (including phenoxy) is 1. The van der Waals surface area contributed by atoms with Crippen molar-refractivity contribution in [2.45, 2.75) is 0 Å². The van der Waals surface area contributed by atoms with Crippen LogP contribution in [0.4, 0.5) is 0 Å². The van der Waals surface area contributed by atoms with Crippen LogP contribution in [0.2, 0.25) is 20.6 Å². The Morgan fingerprint density at radius 1 is 0.913 bits per heavy atom. The van der Waals surface area contributed by atoms with E-state index in [1.165, 1.54) is 13.2 Å². The Balaban J connectivity index is 0.000000231. The summed E-state index contributed by atoms with van der Waals surface area (Å²) in [6.45, 7) is 0. The summed E-state index contributed by atoms with van der Waals surface area (Å²) in [7, 11) is 1.24. The zero-order chi connectivity index (χ0) is 17.6. The highest BCUT2D eigenvalue weighted by Gasteiger charge is 2.12. The predicted molar refractivity (Wildman–Crippen MR) is 82.4 cm³/mol. The van der Waals surface area contributed by atoms with Crippen LogP contribution in [-0.2, 0) is 4.74 Å². The van der Waals surface area contributed by atoms with Gasteiger partial charge >= 0.3 is 11.9 Å². The van der Waals surface area contributed by atoms with Gasteiger partial charge in [0.05, 0.1) is 7.11 Å². The van der Waals surface area contributed by atoms with Gasteiger partial charge in [-0.1, -0.05) is 46.4 Å². The zero-order valence-electron chi connectivity index (χ0n) is 11.1. The lowest BCUT2D eigenvalue weighted by Crippen LogP contribution is -2.04. The lowest BCUT2D eigenvalue weighted by atomic mass is 10.3. The van der Waals surface area contributed by atoms with Crippen LogP contribution >= 0.6 is 46.4 Å². The summed E-state index contributed by atoms with van der Waals surface area (Å²) in [4.78, 5) is 21.3. The topological polar surface area (TPSA) is 115 Å². The number of esters is 1. The van der Waals surface area contributed by atoms with E-state index in [4.69, 9.17) is 51.5 Å². The Labute approximate surface area is 149 Å². The molecule has 2 aromatic rings. The molecule has 2 heterocycles. The molecule has 2 aromatic heterocycles. The second-order valence-corrected chi connectivity index (χ2v) is 5.03. The molecule has 0 radical (unpaired) electrons. The maximum atomic E-state index is 11.0. The first kappa shape index (κ1) is 19.3. The second kappa shape index (κ2) is 8.78. The van der Waals surface area contributed by atoms with Crippen LogP contribution in [0.25, 0.3) is 0 Å². The molecule has 1 N–H and O–H groups in total. The molecular weight excluding hydrogens is 394 g/mol. The Kier molecular flexibility index (Phi) is 7.37. The van der Waals surface area contributed by atoms with E-state index < -0.39 is 11.9 Å². The molecule has 0 fully saturated rings. The smallest absolute Gasteiger partial charge is 0.341 e. The van der Waals surface area contributed by atoms with Crippen LogP contribution in [0.1, 0.15) is 20.7 Å². The van der Waals surface area contributed by atoms with E-state index >= 15 is 0 Å². The minimum atomic E-state index is -1.17. The lowest BCUT2D eigenvalue weighted by molar-refractivity contribution is 0.0599. The number of nitrogens with zero attached hydrogens (tertiary/aromatic N) is 4. The molecule has 0 unspecified atom stereocenters. The largest absolute Gasteiger partial charge is 0.478 e. The predicted octanol–water partition coefficient (Wildman–Crippen LogP) is 3.05. The van der Waals surface area contributed by atoms with Gasteiger partial charge in [-0.05, 0) is 12.1 Å². The Bertz CT molecular complexity index is 744. The molecule has 0 aliphatic rings. The first-order chi connectivity index (χ1) is 10.8. The van der Waals surface area contributed by atoms with Crippen LogP contribution in [0.5, 0.6) is 0 Å². The summed E-state index contributed by atoms with van der Waals surface area (Å²) in [5, 5.41) is 21.9. The monoisotopic (exact) mass is 398 g/mol. The average molecular weight is 400 g/mol. The van der Waals surface area contributed by atoms with Gasteiger partial charge in [0.15, 0.2) is 20.6 Å². The van der Waals surface area contributed by atoms with E-state index in [2.05, 4.69) is 25.1 Å². The zero-order valence-corrected chi connectivity index (χ0v) is 14.2. The molecule has 12 heteroatoms. The van der Waals surface area contributed by atoms with Crippen molar-refractivity contribution < 1.29 is 19.4 Å². The molecule has 0 amide bonds. The van der Waals surface area contributed by atoms with Crippen molar-refractivity contribution in [2.75, 3.05) is 7.11 Å². The van der Waals surface area contributed by atoms with Gasteiger partial charge in [-0.2, -0.15) is 0 Å². The summed E-state index contributed by atoms with van der Waals surface area (Å²) in [5.41, 5.74) is -0.0363. The maximum Gasteiger partial charge on any atom is 0.341 e. The summed E-state index contributed by atoms with van der Waals surface area (Å²) in [6.07, 6.45) is 0. The molecule has 0 spiro atoms. The quantitative estimate of drug-likeness (QED) is 0.766. The Morgan fingerprint density at radius 3 is 1.74 bits per heavy atom. The summed E-state index contributed by atoms with van der Waals surface area (Å²) < 4.78 is 4.42. The number of hydrogen-bond donors (Lipinski definition) is 1. The highest BCUT2D eigenvalue weighted by molar-refractivity contribution is 6.34. The minimum absolute atomic E-state index is 0.00630. The number of carbonyl (C=O) groups excluding carboxylic acids is 1. The third kappa shape index (κ3) is 5.76. The number of rotatable bonds is 2. The third-order valence-electron chi connectivity index (χ3n) is 2.07. The number of carbonyl (C=O) groups is 2. The van der Waals surface area contributed by atoms with Crippen molar-refractivity contribution in [1.82, 2.24) is 20.4 Å². The molecule has 0 aliphatic heterocycles. The number of carboxylic acids is 1. The molecule has 0 atom stereocenters. The Hall–Kier alpha value is -1.74. The number of aromatic carboxylic acids is 1. The van der Waals surface area contributed by atoms with Gasteiger partial charge in [-0.25, -0.2) is 9.59 Å². The van der Waals surface area contributed by atoms with Crippen molar-refractivity contribution in [3.05, 3.63) is 43.9 Å². The SMILES string of the molecule is COC(=O)c1cc(Cl)nnc1Cl.O=C(O)c1cc(Cl)nnc1Cl. The first-order valence-corrected chi connectivity index (χ1v) is 6.96. The fourth-order valence-corrected chi connectivity index (χ4v) is 1.75. The maximum absolute atomic E-state index is 11.0. The Morgan fingerprint density at radius 2 is 1.35 bits per heavy atom. The van der Waals surface area contributed by atoms with E-state index in [0.717, 1.165) is 6.07 Å². The van der Waals surface area contributed by atoms with E-state index in [1.54, 1.807) is 0 Å². The van der Waals surface area contributed by atoms with Crippen LogP contribution in [0, 0.1) is 0 Å². The van der Waals surface area contributed by atoms with E-state index in [0.29, 0.717) is 0 Å². The third-order valence-corrected chi connectivity index (χ3v) is 3.00. The van der Waals surface area contributed by atoms with Crippen molar-refractivity contribution in [3.63, 3.8) is 0 Å². The molecule has 0 bridgehead atoms. The fraction of sp³-hybridized carbons (Fsp3) is 0.0909. The summed E-state index contributed by atoms with van der Waals surface area (Å²) >= 11 is 21.8. The molecule has 122 valence electrons. The van der Waals surface area contributed by atoms with E-state index in [1.807, 2.05) is 0 Å². The molecule has 0 saturated carbocycles. The summed E-state index contributed by atoms with van der Waals surface area (Å²) in [6, 6.07) is 2.43. The second-order valence-electron chi connectivity index (χ2n) is 3.54. The van der Waals surface area contributed by atoms with Gasteiger partial charge in [0.25, 0.3) is 0 Å². The van der Waals surface area contributed by atoms with Gasteiger partial charge in [-0.3, -0.25) is 0 Å². The van der Waals surface area contributed by atoms with Gasteiger partial charge < -0.3 is 9.84 Å². The van der Waals surface area contributed by atoms with Crippen LogP contribution in [-0.4, -0.2) is 44.5 Å². The minimum Gasteiger partial charge on any atom is -0.478 e. The van der Waals surface area contributed by atoms with Crippen LogP contribution in [0.15, 0.2) is 12.1 Å². The fourth-order valence-electron chi connectivity index (χ4n) is 1.11. The number of aromatic nitrogens is 4. The number of carboxylic acid groups (broad SMARTS) is 1. The van der Waals surface area contributed by atoms with Crippen molar-refractivity contribution in [2.24, 2.45) is 0 Å². The van der Waals surface area contributed by atoms with Gasteiger partial charge in [0.1, 0.15) is 11.1 Å². The molecule has 0 aliphatic carbocycles.